The van der Waals surface area contributed by atoms with Crippen molar-refractivity contribution in [2.24, 2.45) is 0 Å². The van der Waals surface area contributed by atoms with Crippen LogP contribution in [0.1, 0.15) is 28.9 Å². The van der Waals surface area contributed by atoms with Crippen LogP contribution in [0.5, 0.6) is 5.75 Å². The number of nitrogens with zero attached hydrogens (tertiary/aromatic N) is 4. The highest BCUT2D eigenvalue weighted by Gasteiger charge is 2.23. The van der Waals surface area contributed by atoms with Gasteiger partial charge in [0.05, 0.1) is 12.3 Å². The van der Waals surface area contributed by atoms with E-state index in [9.17, 15) is 4.79 Å². The van der Waals surface area contributed by atoms with E-state index >= 15 is 0 Å². The smallest absolute Gasteiger partial charge is 0.237 e. The van der Waals surface area contributed by atoms with Gasteiger partial charge in [-0.25, -0.2) is 0 Å². The first-order chi connectivity index (χ1) is 17.2. The summed E-state index contributed by atoms with van der Waals surface area (Å²) in [5, 5.41) is 9.56. The first-order valence-corrected chi connectivity index (χ1v) is 12.8. The lowest BCUT2D eigenvalue weighted by Gasteiger charge is -2.29. The number of rotatable bonds is 8. The Morgan fingerprint density at radius 3 is 2.57 bits per heavy atom. The van der Waals surface area contributed by atoms with Crippen LogP contribution in [0.25, 0.3) is 0 Å². The number of carbonyl (C=O) groups is 1. The third-order valence-electron chi connectivity index (χ3n) is 6.10. The fourth-order valence-corrected chi connectivity index (χ4v) is 5.07. The molecule has 1 aromatic heterocycles. The summed E-state index contributed by atoms with van der Waals surface area (Å²) in [6, 6.07) is 26.3. The number of carbonyl (C=O) groups excluding carboxylic acids is 1. The summed E-state index contributed by atoms with van der Waals surface area (Å²) in [5.74, 6) is 1.92. The number of fused-ring (bicyclic) bond motifs is 1. The van der Waals surface area contributed by atoms with Gasteiger partial charge < -0.3 is 9.64 Å². The molecule has 35 heavy (non-hydrogen) atoms. The van der Waals surface area contributed by atoms with Crippen LogP contribution in [0.2, 0.25) is 0 Å². The molecule has 0 saturated heterocycles. The number of aromatic nitrogens is 3. The molecule has 0 bridgehead atoms. The predicted molar refractivity (Wildman–Crippen MR) is 139 cm³/mol. The number of hydrogen-bond donors (Lipinski definition) is 0. The van der Waals surface area contributed by atoms with Crippen LogP contribution >= 0.6 is 11.8 Å². The van der Waals surface area contributed by atoms with E-state index in [1.807, 2.05) is 77.1 Å². The molecule has 2 heterocycles. The minimum Gasteiger partial charge on any atom is -0.486 e. The second-order valence-electron chi connectivity index (χ2n) is 8.64. The molecule has 0 fully saturated rings. The van der Waals surface area contributed by atoms with Gasteiger partial charge in [-0.3, -0.25) is 9.36 Å². The van der Waals surface area contributed by atoms with Crippen molar-refractivity contribution in [2.45, 2.75) is 38.1 Å². The van der Waals surface area contributed by atoms with E-state index < -0.39 is 0 Å². The lowest BCUT2D eigenvalue weighted by Crippen LogP contribution is -2.36. The number of ether oxygens (including phenoxy) is 1. The van der Waals surface area contributed by atoms with Crippen LogP contribution in [0.15, 0.2) is 84.0 Å². The number of para-hydroxylation sites is 1. The normalized spacial score (nSPS) is 12.9. The molecule has 1 aliphatic rings. The monoisotopic (exact) mass is 484 g/mol. The molecule has 1 aliphatic heterocycles. The lowest BCUT2D eigenvalue weighted by atomic mass is 10.0. The number of thioether (sulfide) groups is 1. The molecule has 0 aliphatic carbocycles. The summed E-state index contributed by atoms with van der Waals surface area (Å²) in [7, 11) is 0. The standard InChI is InChI=1S/C28H28N4O2S/c1-21-13-15-24(16-14-21)34-19-26-29-30-28(32(26)18-22-8-3-2-4-9-22)35-20-27(33)31-17-7-11-23-10-5-6-12-25(23)31/h2-6,8-10,12-16H,7,11,17-20H2,1H3. The quantitative estimate of drug-likeness (QED) is 0.318. The van der Waals surface area contributed by atoms with E-state index in [0.717, 1.165) is 47.4 Å². The van der Waals surface area contributed by atoms with Gasteiger partial charge in [0.1, 0.15) is 12.4 Å². The Morgan fingerprint density at radius 2 is 1.74 bits per heavy atom. The Balaban J connectivity index is 1.32. The van der Waals surface area contributed by atoms with Gasteiger partial charge in [-0.15, -0.1) is 10.2 Å². The maximum Gasteiger partial charge on any atom is 0.237 e. The summed E-state index contributed by atoms with van der Waals surface area (Å²) in [6.07, 6.45) is 2.00. The van der Waals surface area contributed by atoms with Gasteiger partial charge in [0.25, 0.3) is 0 Å². The molecule has 0 unspecified atom stereocenters. The minimum absolute atomic E-state index is 0.0915. The van der Waals surface area contributed by atoms with Gasteiger partial charge in [-0.05, 0) is 49.1 Å². The van der Waals surface area contributed by atoms with Crippen LogP contribution < -0.4 is 9.64 Å². The average Bonchev–Trinajstić information content (AvgIpc) is 3.28. The van der Waals surface area contributed by atoms with E-state index in [1.165, 1.54) is 22.9 Å². The number of amides is 1. The zero-order chi connectivity index (χ0) is 24.0. The highest BCUT2D eigenvalue weighted by molar-refractivity contribution is 7.99. The van der Waals surface area contributed by atoms with Crippen molar-refractivity contribution in [2.75, 3.05) is 17.2 Å². The number of hydrogen-bond acceptors (Lipinski definition) is 5. The predicted octanol–water partition coefficient (Wildman–Crippen LogP) is 5.29. The summed E-state index contributed by atoms with van der Waals surface area (Å²) in [6.45, 7) is 3.72. The van der Waals surface area contributed by atoms with Crippen molar-refractivity contribution in [3.63, 3.8) is 0 Å². The SMILES string of the molecule is Cc1ccc(OCc2nnc(SCC(=O)N3CCCc4ccccc43)n2Cc2ccccc2)cc1. The summed E-state index contributed by atoms with van der Waals surface area (Å²) >= 11 is 1.43. The molecule has 0 N–H and O–H groups in total. The fourth-order valence-electron chi connectivity index (χ4n) is 4.24. The second kappa shape index (κ2) is 10.8. The van der Waals surface area contributed by atoms with Crippen molar-refractivity contribution in [3.8, 4) is 5.75 Å². The van der Waals surface area contributed by atoms with Gasteiger partial charge >= 0.3 is 0 Å². The van der Waals surface area contributed by atoms with E-state index in [4.69, 9.17) is 4.74 Å². The zero-order valence-corrected chi connectivity index (χ0v) is 20.6. The first-order valence-electron chi connectivity index (χ1n) is 11.8. The molecular formula is C28H28N4O2S. The van der Waals surface area contributed by atoms with Crippen LogP contribution in [-0.4, -0.2) is 33.0 Å². The number of aryl methyl sites for hydroxylation is 2. The third-order valence-corrected chi connectivity index (χ3v) is 7.05. The van der Waals surface area contributed by atoms with E-state index in [2.05, 4.69) is 28.4 Å². The van der Waals surface area contributed by atoms with E-state index in [1.54, 1.807) is 0 Å². The van der Waals surface area contributed by atoms with Crippen molar-refractivity contribution >= 4 is 23.4 Å². The molecule has 0 spiro atoms. The highest BCUT2D eigenvalue weighted by atomic mass is 32.2. The molecular weight excluding hydrogens is 456 g/mol. The van der Waals surface area contributed by atoms with Gasteiger partial charge in [0, 0.05) is 12.2 Å². The molecule has 1 amide bonds. The molecule has 4 aromatic rings. The number of anilines is 1. The summed E-state index contributed by atoms with van der Waals surface area (Å²) in [4.78, 5) is 15.1. The maximum absolute atomic E-state index is 13.2. The van der Waals surface area contributed by atoms with Crippen LogP contribution in [0, 0.1) is 6.92 Å². The fraction of sp³-hybridized carbons (Fsp3) is 0.250. The maximum atomic E-state index is 13.2. The molecule has 0 radical (unpaired) electrons. The molecule has 7 heteroatoms. The van der Waals surface area contributed by atoms with E-state index in [0.29, 0.717) is 18.9 Å². The largest absolute Gasteiger partial charge is 0.486 e. The Hall–Kier alpha value is -3.58. The first kappa shape index (κ1) is 23.2. The summed E-state index contributed by atoms with van der Waals surface area (Å²) in [5.41, 5.74) is 4.59. The van der Waals surface area contributed by atoms with Gasteiger partial charge in [0.15, 0.2) is 11.0 Å². The highest BCUT2D eigenvalue weighted by Crippen LogP contribution is 2.28. The molecule has 5 rings (SSSR count). The van der Waals surface area contributed by atoms with E-state index in [-0.39, 0.29) is 5.91 Å². The van der Waals surface area contributed by atoms with Crippen molar-refractivity contribution in [3.05, 3.63) is 101 Å². The number of benzene rings is 3. The van der Waals surface area contributed by atoms with Crippen molar-refractivity contribution in [1.29, 1.82) is 0 Å². The van der Waals surface area contributed by atoms with Gasteiger partial charge in [-0.2, -0.15) is 0 Å². The van der Waals surface area contributed by atoms with Crippen LogP contribution in [-0.2, 0) is 24.4 Å². The van der Waals surface area contributed by atoms with Gasteiger partial charge in [0.2, 0.25) is 5.91 Å². The lowest BCUT2D eigenvalue weighted by molar-refractivity contribution is -0.116. The molecule has 0 atom stereocenters. The minimum atomic E-state index is 0.0915. The Bertz CT molecular complexity index is 1290. The second-order valence-corrected chi connectivity index (χ2v) is 9.58. The van der Waals surface area contributed by atoms with Crippen molar-refractivity contribution in [1.82, 2.24) is 14.8 Å². The third kappa shape index (κ3) is 5.57. The Labute approximate surface area is 210 Å². The topological polar surface area (TPSA) is 60.3 Å². The molecule has 0 saturated carbocycles. The molecule has 6 nitrogen and oxygen atoms in total. The summed E-state index contributed by atoms with van der Waals surface area (Å²) < 4.78 is 8.04. The average molecular weight is 485 g/mol. The molecule has 178 valence electrons. The van der Waals surface area contributed by atoms with Crippen molar-refractivity contribution < 1.29 is 9.53 Å². The Kier molecular flexibility index (Phi) is 7.14. The Morgan fingerprint density at radius 1 is 0.971 bits per heavy atom. The molecule has 3 aromatic carbocycles. The van der Waals surface area contributed by atoms with Gasteiger partial charge in [-0.1, -0.05) is 78.0 Å². The zero-order valence-electron chi connectivity index (χ0n) is 19.8. The van der Waals surface area contributed by atoms with Crippen LogP contribution in [0.4, 0.5) is 5.69 Å². The van der Waals surface area contributed by atoms with Crippen LogP contribution in [0.3, 0.4) is 0 Å².